The molecule has 0 spiro atoms. The molecule has 0 aromatic heterocycles. The first-order valence-corrected chi connectivity index (χ1v) is 6.85. The van der Waals surface area contributed by atoms with Crippen molar-refractivity contribution in [3.8, 4) is 0 Å². The Balaban J connectivity index is 2.13. The molecule has 3 N–H and O–H groups in total. The number of benzene rings is 1. The summed E-state index contributed by atoms with van der Waals surface area (Å²) in [4.78, 5) is 11.4. The van der Waals surface area contributed by atoms with E-state index < -0.39 is 0 Å². The van der Waals surface area contributed by atoms with Gasteiger partial charge in [-0.1, -0.05) is 44.2 Å². The van der Waals surface area contributed by atoms with Crippen LogP contribution in [0.15, 0.2) is 30.3 Å². The Bertz CT molecular complexity index is 406. The maximum absolute atomic E-state index is 11.4. The summed E-state index contributed by atoms with van der Waals surface area (Å²) < 4.78 is 0. The number of amides is 1. The first-order valence-electron chi connectivity index (χ1n) is 6.44. The van der Waals surface area contributed by atoms with Gasteiger partial charge in [-0.2, -0.15) is 0 Å². The third-order valence-corrected chi connectivity index (χ3v) is 2.70. The highest BCUT2D eigenvalue weighted by Crippen LogP contribution is 1.98. The molecule has 104 valence electrons. The predicted molar refractivity (Wildman–Crippen MR) is 81.5 cm³/mol. The van der Waals surface area contributed by atoms with Gasteiger partial charge >= 0.3 is 0 Å². The highest BCUT2D eigenvalue weighted by molar-refractivity contribution is 7.80. The molecule has 0 saturated carbocycles. The molecule has 19 heavy (non-hydrogen) atoms. The van der Waals surface area contributed by atoms with Crippen LogP contribution in [-0.2, 0) is 11.2 Å². The standard InChI is InChI=1S/C14H21N3OS/c1-11(2)10-13(18)16-17-14(19)15-9-8-12-6-4-3-5-7-12/h3-7,11H,8-10H2,1-2H3,(H,16,18)(H2,15,17,19). The zero-order chi connectivity index (χ0) is 14.1. The quantitative estimate of drug-likeness (QED) is 0.568. The second kappa shape index (κ2) is 8.48. The lowest BCUT2D eigenvalue weighted by molar-refractivity contribution is -0.122. The fourth-order valence-corrected chi connectivity index (χ4v) is 1.71. The number of rotatable bonds is 5. The summed E-state index contributed by atoms with van der Waals surface area (Å²) in [6, 6.07) is 10.2. The van der Waals surface area contributed by atoms with Gasteiger partial charge < -0.3 is 5.32 Å². The molecule has 1 rings (SSSR count). The Morgan fingerprint density at radius 1 is 1.21 bits per heavy atom. The highest BCUT2D eigenvalue weighted by Gasteiger charge is 2.04. The van der Waals surface area contributed by atoms with Crippen LogP contribution in [0.4, 0.5) is 0 Å². The molecule has 0 bridgehead atoms. The lowest BCUT2D eigenvalue weighted by Crippen LogP contribution is -2.47. The first kappa shape index (κ1) is 15.4. The summed E-state index contributed by atoms with van der Waals surface area (Å²) in [6.45, 7) is 4.72. The zero-order valence-corrected chi connectivity index (χ0v) is 12.2. The maximum Gasteiger partial charge on any atom is 0.238 e. The fraction of sp³-hybridized carbons (Fsp3) is 0.429. The van der Waals surface area contributed by atoms with Gasteiger partial charge in [0.05, 0.1) is 0 Å². The van der Waals surface area contributed by atoms with Crippen LogP contribution in [0.3, 0.4) is 0 Å². The summed E-state index contributed by atoms with van der Waals surface area (Å²) in [7, 11) is 0. The molecule has 0 aliphatic heterocycles. The van der Waals surface area contributed by atoms with Gasteiger partial charge in [-0.25, -0.2) is 0 Å². The number of thiocarbonyl (C=S) groups is 1. The molecule has 1 aromatic carbocycles. The largest absolute Gasteiger partial charge is 0.361 e. The molecule has 1 aromatic rings. The molecular weight excluding hydrogens is 258 g/mol. The van der Waals surface area contributed by atoms with Crippen LogP contribution in [0, 0.1) is 5.92 Å². The van der Waals surface area contributed by atoms with Crippen LogP contribution in [0.25, 0.3) is 0 Å². The average Bonchev–Trinajstić information content (AvgIpc) is 2.37. The summed E-state index contributed by atoms with van der Waals surface area (Å²) in [5.41, 5.74) is 6.52. The van der Waals surface area contributed by atoms with Gasteiger partial charge in [0, 0.05) is 13.0 Å². The summed E-state index contributed by atoms with van der Waals surface area (Å²) >= 11 is 5.06. The van der Waals surface area contributed by atoms with Gasteiger partial charge in [-0.05, 0) is 30.1 Å². The average molecular weight is 279 g/mol. The van der Waals surface area contributed by atoms with E-state index in [-0.39, 0.29) is 5.91 Å². The number of carbonyl (C=O) groups excluding carboxylic acids is 1. The van der Waals surface area contributed by atoms with Crippen LogP contribution >= 0.6 is 12.2 Å². The van der Waals surface area contributed by atoms with Gasteiger partial charge in [0.15, 0.2) is 5.11 Å². The zero-order valence-electron chi connectivity index (χ0n) is 11.4. The third kappa shape index (κ3) is 7.41. The minimum atomic E-state index is -0.0535. The van der Waals surface area contributed by atoms with E-state index in [1.807, 2.05) is 32.0 Å². The minimum Gasteiger partial charge on any atom is -0.361 e. The Labute approximate surface area is 119 Å². The molecule has 0 saturated heterocycles. The van der Waals surface area contributed by atoms with E-state index in [0.29, 0.717) is 17.5 Å². The highest BCUT2D eigenvalue weighted by atomic mass is 32.1. The molecular formula is C14H21N3OS. The van der Waals surface area contributed by atoms with Gasteiger partial charge in [-0.3, -0.25) is 15.6 Å². The van der Waals surface area contributed by atoms with E-state index in [4.69, 9.17) is 12.2 Å². The van der Waals surface area contributed by atoms with Crippen molar-refractivity contribution in [3.63, 3.8) is 0 Å². The predicted octanol–water partition coefficient (Wildman–Crippen LogP) is 1.77. The Kier molecular flexibility index (Phi) is 6.89. The molecule has 0 atom stereocenters. The molecule has 4 nitrogen and oxygen atoms in total. The van der Waals surface area contributed by atoms with E-state index in [2.05, 4.69) is 28.3 Å². The normalized spacial score (nSPS) is 10.1. The van der Waals surface area contributed by atoms with Crippen LogP contribution in [0.1, 0.15) is 25.8 Å². The Morgan fingerprint density at radius 2 is 1.89 bits per heavy atom. The van der Waals surface area contributed by atoms with Crippen molar-refractivity contribution in [3.05, 3.63) is 35.9 Å². The van der Waals surface area contributed by atoms with E-state index in [1.54, 1.807) is 0 Å². The second-order valence-electron chi connectivity index (χ2n) is 4.76. The van der Waals surface area contributed by atoms with E-state index in [1.165, 1.54) is 5.56 Å². The fourth-order valence-electron chi connectivity index (χ4n) is 1.56. The van der Waals surface area contributed by atoms with Gasteiger partial charge in [0.25, 0.3) is 0 Å². The van der Waals surface area contributed by atoms with E-state index >= 15 is 0 Å². The number of nitrogens with one attached hydrogen (secondary N) is 3. The summed E-state index contributed by atoms with van der Waals surface area (Å²) in [5, 5.41) is 3.48. The van der Waals surface area contributed by atoms with Gasteiger partial charge in [0.2, 0.25) is 5.91 Å². The first-order chi connectivity index (χ1) is 9.08. The van der Waals surface area contributed by atoms with Crippen molar-refractivity contribution in [1.29, 1.82) is 0 Å². The molecule has 5 heteroatoms. The van der Waals surface area contributed by atoms with Crippen LogP contribution < -0.4 is 16.2 Å². The van der Waals surface area contributed by atoms with Crippen LogP contribution in [0.5, 0.6) is 0 Å². The lowest BCUT2D eigenvalue weighted by Gasteiger charge is -2.12. The minimum absolute atomic E-state index is 0.0535. The molecule has 0 aliphatic carbocycles. The van der Waals surface area contributed by atoms with E-state index in [0.717, 1.165) is 13.0 Å². The lowest BCUT2D eigenvalue weighted by atomic mass is 10.1. The molecule has 0 heterocycles. The topological polar surface area (TPSA) is 53.2 Å². The molecule has 0 radical (unpaired) electrons. The molecule has 1 amide bonds. The van der Waals surface area contributed by atoms with Crippen molar-refractivity contribution in [2.75, 3.05) is 6.54 Å². The monoisotopic (exact) mass is 279 g/mol. The number of carbonyl (C=O) groups is 1. The summed E-state index contributed by atoms with van der Waals surface area (Å²) in [5.74, 6) is 0.281. The van der Waals surface area contributed by atoms with Gasteiger partial charge in [-0.15, -0.1) is 0 Å². The number of hydrogen-bond acceptors (Lipinski definition) is 2. The van der Waals surface area contributed by atoms with Crippen molar-refractivity contribution in [2.24, 2.45) is 5.92 Å². The second-order valence-corrected chi connectivity index (χ2v) is 5.17. The Morgan fingerprint density at radius 3 is 2.53 bits per heavy atom. The molecule has 0 fully saturated rings. The number of hydrogen-bond donors (Lipinski definition) is 3. The van der Waals surface area contributed by atoms with Gasteiger partial charge in [0.1, 0.15) is 0 Å². The molecule has 0 unspecified atom stereocenters. The van der Waals surface area contributed by atoms with Crippen molar-refractivity contribution >= 4 is 23.2 Å². The smallest absolute Gasteiger partial charge is 0.238 e. The van der Waals surface area contributed by atoms with Crippen LogP contribution in [-0.4, -0.2) is 17.6 Å². The third-order valence-electron chi connectivity index (χ3n) is 2.45. The SMILES string of the molecule is CC(C)CC(=O)NNC(=S)NCCc1ccccc1. The maximum atomic E-state index is 11.4. The van der Waals surface area contributed by atoms with Crippen molar-refractivity contribution in [1.82, 2.24) is 16.2 Å². The van der Waals surface area contributed by atoms with Crippen molar-refractivity contribution < 1.29 is 4.79 Å². The van der Waals surface area contributed by atoms with E-state index in [9.17, 15) is 4.79 Å². The number of hydrazine groups is 1. The molecule has 0 aliphatic rings. The van der Waals surface area contributed by atoms with Crippen LogP contribution in [0.2, 0.25) is 0 Å². The summed E-state index contributed by atoms with van der Waals surface area (Å²) in [6.07, 6.45) is 1.38. The van der Waals surface area contributed by atoms with Crippen molar-refractivity contribution in [2.45, 2.75) is 26.7 Å². The Hall–Kier alpha value is -1.62.